The van der Waals surface area contributed by atoms with Crippen molar-refractivity contribution in [3.8, 4) is 5.75 Å². The normalized spacial score (nSPS) is 22.0. The molecule has 2 aliphatic heterocycles. The Morgan fingerprint density at radius 1 is 1.14 bits per heavy atom. The van der Waals surface area contributed by atoms with Crippen molar-refractivity contribution in [2.24, 2.45) is 0 Å². The SMILES string of the molecule is CC(=O)Nc1ccc(S(=O)(=O)N2CCC3(CC(=O)c4ccccc4O3)C2)cc1. The number of carbonyl (C=O) groups excluding carboxylic acids is 2. The molecule has 2 aliphatic rings. The molecule has 1 unspecified atom stereocenters. The van der Waals surface area contributed by atoms with Crippen LogP contribution in [0.3, 0.4) is 0 Å². The molecule has 1 N–H and O–H groups in total. The number of ketones is 1. The van der Waals surface area contributed by atoms with E-state index in [0.29, 0.717) is 23.4 Å². The molecule has 2 aromatic rings. The fourth-order valence-corrected chi connectivity index (χ4v) is 5.26. The Bertz CT molecular complexity index is 1050. The molecule has 1 fully saturated rings. The van der Waals surface area contributed by atoms with Crippen LogP contribution in [0.15, 0.2) is 53.4 Å². The number of sulfonamides is 1. The summed E-state index contributed by atoms with van der Waals surface area (Å²) in [6.07, 6.45) is 0.619. The molecule has 1 atom stereocenters. The highest BCUT2D eigenvalue weighted by molar-refractivity contribution is 7.89. The molecule has 0 radical (unpaired) electrons. The lowest BCUT2D eigenvalue weighted by Crippen LogP contribution is -2.45. The number of fused-ring (bicyclic) bond motifs is 1. The van der Waals surface area contributed by atoms with Crippen LogP contribution in [0, 0.1) is 0 Å². The van der Waals surface area contributed by atoms with Gasteiger partial charge in [-0.25, -0.2) is 8.42 Å². The third kappa shape index (κ3) is 3.29. The van der Waals surface area contributed by atoms with E-state index < -0.39 is 15.6 Å². The zero-order valence-electron chi connectivity index (χ0n) is 15.3. The minimum Gasteiger partial charge on any atom is -0.485 e. The average Bonchev–Trinajstić information content (AvgIpc) is 3.05. The van der Waals surface area contributed by atoms with Crippen LogP contribution in [0.2, 0.25) is 0 Å². The summed E-state index contributed by atoms with van der Waals surface area (Å²) in [5.41, 5.74) is 0.249. The van der Waals surface area contributed by atoms with Gasteiger partial charge in [-0.1, -0.05) is 12.1 Å². The summed E-state index contributed by atoms with van der Waals surface area (Å²) < 4.78 is 33.5. The maximum absolute atomic E-state index is 13.0. The predicted molar refractivity (Wildman–Crippen MR) is 103 cm³/mol. The van der Waals surface area contributed by atoms with Crippen molar-refractivity contribution in [3.63, 3.8) is 0 Å². The number of amides is 1. The number of rotatable bonds is 3. The lowest BCUT2D eigenvalue weighted by Gasteiger charge is -2.34. The molecule has 0 saturated carbocycles. The Kier molecular flexibility index (Phi) is 4.47. The van der Waals surface area contributed by atoms with Crippen LogP contribution in [0.25, 0.3) is 0 Å². The zero-order valence-corrected chi connectivity index (χ0v) is 16.2. The first kappa shape index (κ1) is 18.6. The van der Waals surface area contributed by atoms with E-state index in [2.05, 4.69) is 5.32 Å². The standard InChI is InChI=1S/C20H20N2O5S/c1-14(23)21-15-6-8-16(9-7-15)28(25,26)22-11-10-20(13-22)12-18(24)17-4-2-3-5-19(17)27-20/h2-9H,10-13H2,1H3,(H,21,23). The van der Waals surface area contributed by atoms with Crippen LogP contribution in [0.5, 0.6) is 5.75 Å². The molecule has 7 nitrogen and oxygen atoms in total. The molecular formula is C20H20N2O5S. The number of hydrogen-bond acceptors (Lipinski definition) is 5. The summed E-state index contributed by atoms with van der Waals surface area (Å²) >= 11 is 0. The van der Waals surface area contributed by atoms with Crippen LogP contribution in [-0.4, -0.2) is 43.1 Å². The van der Waals surface area contributed by atoms with Crippen molar-refractivity contribution in [3.05, 3.63) is 54.1 Å². The minimum atomic E-state index is -3.72. The number of nitrogens with one attached hydrogen (secondary N) is 1. The van der Waals surface area contributed by atoms with E-state index in [-0.39, 0.29) is 36.1 Å². The maximum atomic E-state index is 13.0. The fourth-order valence-electron chi connectivity index (χ4n) is 3.75. The third-order valence-electron chi connectivity index (χ3n) is 5.09. The Morgan fingerprint density at radius 2 is 1.86 bits per heavy atom. The second-order valence-corrected chi connectivity index (χ2v) is 9.11. The summed E-state index contributed by atoms with van der Waals surface area (Å²) in [5, 5.41) is 2.61. The molecule has 2 aromatic carbocycles. The van der Waals surface area contributed by atoms with Gasteiger partial charge in [0.05, 0.1) is 23.4 Å². The second kappa shape index (κ2) is 6.72. The second-order valence-electron chi connectivity index (χ2n) is 7.18. The molecule has 1 saturated heterocycles. The van der Waals surface area contributed by atoms with E-state index in [1.54, 1.807) is 36.4 Å². The van der Waals surface area contributed by atoms with Gasteiger partial charge in [0.15, 0.2) is 5.78 Å². The van der Waals surface area contributed by atoms with Gasteiger partial charge in [-0.05, 0) is 36.4 Å². The van der Waals surface area contributed by atoms with Crippen LogP contribution in [0.1, 0.15) is 30.1 Å². The number of hydrogen-bond donors (Lipinski definition) is 1. The number of nitrogens with zero attached hydrogens (tertiary/aromatic N) is 1. The van der Waals surface area contributed by atoms with Gasteiger partial charge in [-0.15, -0.1) is 0 Å². The summed E-state index contributed by atoms with van der Waals surface area (Å²) in [4.78, 5) is 23.8. The number of carbonyl (C=O) groups is 2. The van der Waals surface area contributed by atoms with Gasteiger partial charge < -0.3 is 10.1 Å². The summed E-state index contributed by atoms with van der Waals surface area (Å²) in [6, 6.07) is 13.1. The molecule has 28 heavy (non-hydrogen) atoms. The highest BCUT2D eigenvalue weighted by Crippen LogP contribution is 2.40. The average molecular weight is 400 g/mol. The quantitative estimate of drug-likeness (QED) is 0.854. The van der Waals surface area contributed by atoms with E-state index >= 15 is 0 Å². The first-order valence-corrected chi connectivity index (χ1v) is 10.4. The van der Waals surface area contributed by atoms with Gasteiger partial charge >= 0.3 is 0 Å². The highest BCUT2D eigenvalue weighted by atomic mass is 32.2. The molecule has 1 amide bonds. The van der Waals surface area contributed by atoms with Gasteiger partial charge in [-0.3, -0.25) is 9.59 Å². The van der Waals surface area contributed by atoms with Crippen LogP contribution in [-0.2, 0) is 14.8 Å². The smallest absolute Gasteiger partial charge is 0.243 e. The molecule has 8 heteroatoms. The monoisotopic (exact) mass is 400 g/mol. The minimum absolute atomic E-state index is 0.0271. The lowest BCUT2D eigenvalue weighted by molar-refractivity contribution is -0.114. The van der Waals surface area contributed by atoms with Crippen molar-refractivity contribution in [2.45, 2.75) is 30.3 Å². The first-order chi connectivity index (χ1) is 13.3. The first-order valence-electron chi connectivity index (χ1n) is 8.98. The maximum Gasteiger partial charge on any atom is 0.243 e. The largest absolute Gasteiger partial charge is 0.485 e. The number of Topliss-reactive ketones (excluding diaryl/α,β-unsaturated/α-hetero) is 1. The predicted octanol–water partition coefficient (Wildman–Crippen LogP) is 2.44. The van der Waals surface area contributed by atoms with Gasteiger partial charge in [0, 0.05) is 25.6 Å². The number of benzene rings is 2. The number of ether oxygens (including phenoxy) is 1. The molecule has 146 valence electrons. The van der Waals surface area contributed by atoms with Crippen molar-refractivity contribution in [1.29, 1.82) is 0 Å². The Hall–Kier alpha value is -2.71. The lowest BCUT2D eigenvalue weighted by atomic mass is 9.89. The molecule has 2 heterocycles. The van der Waals surface area contributed by atoms with Crippen molar-refractivity contribution < 1.29 is 22.7 Å². The summed E-state index contributed by atoms with van der Waals surface area (Å²) in [6.45, 7) is 1.80. The molecule has 0 aliphatic carbocycles. The molecule has 0 aromatic heterocycles. The van der Waals surface area contributed by atoms with Crippen LogP contribution < -0.4 is 10.1 Å². The van der Waals surface area contributed by atoms with Crippen LogP contribution in [0.4, 0.5) is 5.69 Å². The number of anilines is 1. The van der Waals surface area contributed by atoms with E-state index in [1.165, 1.54) is 23.4 Å². The van der Waals surface area contributed by atoms with Crippen molar-refractivity contribution in [1.82, 2.24) is 4.31 Å². The molecular weight excluding hydrogens is 380 g/mol. The molecule has 0 bridgehead atoms. The number of para-hydroxylation sites is 1. The fraction of sp³-hybridized carbons (Fsp3) is 0.300. The van der Waals surface area contributed by atoms with Gasteiger partial charge in [0.2, 0.25) is 15.9 Å². The van der Waals surface area contributed by atoms with E-state index in [9.17, 15) is 18.0 Å². The molecule has 1 spiro atoms. The summed E-state index contributed by atoms with van der Waals surface area (Å²) in [7, 11) is -3.72. The van der Waals surface area contributed by atoms with E-state index in [4.69, 9.17) is 4.74 Å². The van der Waals surface area contributed by atoms with Gasteiger partial charge in [0.25, 0.3) is 0 Å². The Morgan fingerprint density at radius 3 is 2.57 bits per heavy atom. The Balaban J connectivity index is 1.55. The van der Waals surface area contributed by atoms with Crippen molar-refractivity contribution >= 4 is 27.4 Å². The summed E-state index contributed by atoms with van der Waals surface area (Å²) in [5.74, 6) is 0.259. The molecule has 4 rings (SSSR count). The van der Waals surface area contributed by atoms with Crippen molar-refractivity contribution in [2.75, 3.05) is 18.4 Å². The highest BCUT2D eigenvalue weighted by Gasteiger charge is 2.48. The topological polar surface area (TPSA) is 92.8 Å². The van der Waals surface area contributed by atoms with E-state index in [0.717, 1.165) is 0 Å². The van der Waals surface area contributed by atoms with Crippen LogP contribution >= 0.6 is 0 Å². The van der Waals surface area contributed by atoms with Gasteiger partial charge in [0.1, 0.15) is 11.4 Å². The van der Waals surface area contributed by atoms with E-state index in [1.807, 2.05) is 0 Å². The third-order valence-corrected chi connectivity index (χ3v) is 6.95. The zero-order chi connectivity index (χ0) is 19.9. The van der Waals surface area contributed by atoms with Gasteiger partial charge in [-0.2, -0.15) is 4.31 Å². The Labute approximate surface area is 163 Å².